The first kappa shape index (κ1) is 15.8. The first-order valence-corrected chi connectivity index (χ1v) is 7.20. The number of carbonyl (C=O) groups excluding carboxylic acids is 1. The number of rotatable bonds is 8. The average Bonchev–Trinajstić information content (AvgIpc) is 2.37. The Balaban J connectivity index is 2.71. The molecule has 19 heavy (non-hydrogen) atoms. The third-order valence-corrected chi connectivity index (χ3v) is 3.69. The lowest BCUT2D eigenvalue weighted by Crippen LogP contribution is -2.47. The van der Waals surface area contributed by atoms with Crippen LogP contribution in [0.2, 0.25) is 5.02 Å². The molecule has 0 aliphatic rings. The van der Waals surface area contributed by atoms with Crippen molar-refractivity contribution in [3.05, 3.63) is 29.3 Å². The molecule has 1 atom stereocenters. The van der Waals surface area contributed by atoms with E-state index in [1.54, 1.807) is 6.07 Å². The van der Waals surface area contributed by atoms with Crippen LogP contribution in [0.25, 0.3) is 0 Å². The van der Waals surface area contributed by atoms with Gasteiger partial charge in [0.05, 0.1) is 10.7 Å². The van der Waals surface area contributed by atoms with Gasteiger partial charge < -0.3 is 11.1 Å². The van der Waals surface area contributed by atoms with Crippen molar-refractivity contribution in [2.24, 2.45) is 5.73 Å². The summed E-state index contributed by atoms with van der Waals surface area (Å²) in [5, 5.41) is 3.79. The summed E-state index contributed by atoms with van der Waals surface area (Å²) >= 11 is 6.10. The highest BCUT2D eigenvalue weighted by Gasteiger charge is 2.30. The Kier molecular flexibility index (Phi) is 6.16. The van der Waals surface area contributed by atoms with Gasteiger partial charge in [0.1, 0.15) is 5.54 Å². The topological polar surface area (TPSA) is 55.1 Å². The Morgan fingerprint density at radius 2 is 2.00 bits per heavy atom. The standard InChI is InChI=1S/C15H23ClN2O/c1-3-4-5-8-11-15(2,14(17)19)18-13-10-7-6-9-12(13)16/h6-7,9-10,18H,3-5,8,11H2,1-2H3,(H2,17,19). The van der Waals surface area contributed by atoms with E-state index in [2.05, 4.69) is 12.2 Å². The zero-order valence-electron chi connectivity index (χ0n) is 11.7. The smallest absolute Gasteiger partial charge is 0.242 e. The fraction of sp³-hybridized carbons (Fsp3) is 0.533. The molecule has 1 rings (SSSR count). The summed E-state index contributed by atoms with van der Waals surface area (Å²) in [7, 11) is 0. The largest absolute Gasteiger partial charge is 0.370 e. The van der Waals surface area contributed by atoms with E-state index in [1.807, 2.05) is 25.1 Å². The van der Waals surface area contributed by atoms with Crippen LogP contribution < -0.4 is 11.1 Å². The number of primary amides is 1. The molecule has 0 heterocycles. The van der Waals surface area contributed by atoms with Gasteiger partial charge in [-0.2, -0.15) is 0 Å². The highest BCUT2D eigenvalue weighted by atomic mass is 35.5. The summed E-state index contributed by atoms with van der Waals surface area (Å²) in [4.78, 5) is 11.7. The molecule has 0 aliphatic heterocycles. The Hall–Kier alpha value is -1.22. The minimum absolute atomic E-state index is 0.344. The molecule has 1 unspecified atom stereocenters. The fourth-order valence-electron chi connectivity index (χ4n) is 2.01. The van der Waals surface area contributed by atoms with Crippen molar-refractivity contribution in [2.75, 3.05) is 5.32 Å². The van der Waals surface area contributed by atoms with E-state index < -0.39 is 5.54 Å². The third kappa shape index (κ3) is 4.75. The molecule has 0 saturated carbocycles. The molecule has 0 fully saturated rings. The van der Waals surface area contributed by atoms with E-state index >= 15 is 0 Å². The highest BCUT2D eigenvalue weighted by Crippen LogP contribution is 2.27. The maximum Gasteiger partial charge on any atom is 0.242 e. The molecule has 1 aromatic rings. The third-order valence-electron chi connectivity index (χ3n) is 3.36. The first-order chi connectivity index (χ1) is 8.99. The Morgan fingerprint density at radius 1 is 1.32 bits per heavy atom. The van der Waals surface area contributed by atoms with Crippen molar-refractivity contribution >= 4 is 23.2 Å². The van der Waals surface area contributed by atoms with E-state index in [1.165, 1.54) is 12.8 Å². The number of hydrogen-bond donors (Lipinski definition) is 2. The van der Waals surface area contributed by atoms with Gasteiger partial charge in [-0.15, -0.1) is 0 Å². The number of nitrogens with one attached hydrogen (secondary N) is 1. The van der Waals surface area contributed by atoms with Gasteiger partial charge in [-0.3, -0.25) is 4.79 Å². The van der Waals surface area contributed by atoms with Crippen LogP contribution in [0.3, 0.4) is 0 Å². The number of benzene rings is 1. The van der Waals surface area contributed by atoms with Gasteiger partial charge in [0.15, 0.2) is 0 Å². The van der Waals surface area contributed by atoms with Crippen molar-refractivity contribution in [1.82, 2.24) is 0 Å². The van der Waals surface area contributed by atoms with Crippen molar-refractivity contribution < 1.29 is 4.79 Å². The van der Waals surface area contributed by atoms with Gasteiger partial charge in [0.25, 0.3) is 0 Å². The lowest BCUT2D eigenvalue weighted by atomic mass is 9.93. The molecule has 1 amide bonds. The van der Waals surface area contributed by atoms with Crippen LogP contribution in [0, 0.1) is 0 Å². The summed E-state index contributed by atoms with van der Waals surface area (Å²) in [6.45, 7) is 4.00. The number of amides is 1. The van der Waals surface area contributed by atoms with E-state index in [-0.39, 0.29) is 5.91 Å². The number of anilines is 1. The van der Waals surface area contributed by atoms with E-state index in [9.17, 15) is 4.79 Å². The molecule has 3 nitrogen and oxygen atoms in total. The lowest BCUT2D eigenvalue weighted by Gasteiger charge is -2.29. The molecule has 0 radical (unpaired) electrons. The van der Waals surface area contributed by atoms with Gasteiger partial charge in [0, 0.05) is 0 Å². The first-order valence-electron chi connectivity index (χ1n) is 6.82. The van der Waals surface area contributed by atoms with Crippen molar-refractivity contribution in [1.29, 1.82) is 0 Å². The fourth-order valence-corrected chi connectivity index (χ4v) is 2.20. The summed E-state index contributed by atoms with van der Waals surface area (Å²) < 4.78 is 0. The molecule has 0 spiro atoms. The van der Waals surface area contributed by atoms with Crippen LogP contribution in [0.15, 0.2) is 24.3 Å². The summed E-state index contributed by atoms with van der Waals surface area (Å²) in [5.41, 5.74) is 5.54. The predicted octanol–water partition coefficient (Wildman–Crippen LogP) is 3.97. The number of unbranched alkanes of at least 4 members (excludes halogenated alkanes) is 3. The maximum atomic E-state index is 11.7. The zero-order valence-corrected chi connectivity index (χ0v) is 12.5. The Morgan fingerprint density at radius 3 is 2.58 bits per heavy atom. The molecule has 1 aromatic carbocycles. The average molecular weight is 283 g/mol. The van der Waals surface area contributed by atoms with Crippen molar-refractivity contribution in [2.45, 2.75) is 51.5 Å². The van der Waals surface area contributed by atoms with E-state index in [0.29, 0.717) is 11.4 Å². The number of halogens is 1. The van der Waals surface area contributed by atoms with Crippen LogP contribution in [0.4, 0.5) is 5.69 Å². The van der Waals surface area contributed by atoms with Gasteiger partial charge in [0.2, 0.25) is 5.91 Å². The highest BCUT2D eigenvalue weighted by molar-refractivity contribution is 6.33. The molecular formula is C15H23ClN2O. The molecule has 0 saturated heterocycles. The number of carbonyl (C=O) groups is 1. The van der Waals surface area contributed by atoms with Crippen LogP contribution in [-0.2, 0) is 4.79 Å². The number of hydrogen-bond acceptors (Lipinski definition) is 2. The van der Waals surface area contributed by atoms with Gasteiger partial charge in [-0.1, -0.05) is 56.3 Å². The maximum absolute atomic E-state index is 11.7. The minimum atomic E-state index is -0.751. The normalized spacial score (nSPS) is 13.8. The molecule has 4 heteroatoms. The van der Waals surface area contributed by atoms with Crippen molar-refractivity contribution in [3.63, 3.8) is 0 Å². The Labute approximate surface area is 120 Å². The second-order valence-corrected chi connectivity index (χ2v) is 5.52. The van der Waals surface area contributed by atoms with Crippen molar-refractivity contribution in [3.8, 4) is 0 Å². The quantitative estimate of drug-likeness (QED) is 0.709. The summed E-state index contributed by atoms with van der Waals surface area (Å²) in [5.74, 6) is -0.344. The van der Waals surface area contributed by atoms with Crippen LogP contribution in [0.1, 0.15) is 46.0 Å². The minimum Gasteiger partial charge on any atom is -0.370 e. The monoisotopic (exact) mass is 282 g/mol. The van der Waals surface area contributed by atoms with Gasteiger partial charge in [-0.25, -0.2) is 0 Å². The van der Waals surface area contributed by atoms with E-state index in [0.717, 1.165) is 18.5 Å². The van der Waals surface area contributed by atoms with Gasteiger partial charge in [-0.05, 0) is 25.5 Å². The van der Waals surface area contributed by atoms with Crippen LogP contribution in [-0.4, -0.2) is 11.4 Å². The molecule has 106 valence electrons. The van der Waals surface area contributed by atoms with Crippen LogP contribution >= 0.6 is 11.6 Å². The molecule has 3 N–H and O–H groups in total. The summed E-state index contributed by atoms with van der Waals surface area (Å²) in [6.07, 6.45) is 5.16. The van der Waals surface area contributed by atoms with Crippen LogP contribution in [0.5, 0.6) is 0 Å². The molecule has 0 aromatic heterocycles. The Bertz CT molecular complexity index is 422. The van der Waals surface area contributed by atoms with Gasteiger partial charge >= 0.3 is 0 Å². The molecule has 0 aliphatic carbocycles. The molecular weight excluding hydrogens is 260 g/mol. The second-order valence-electron chi connectivity index (χ2n) is 5.11. The number of para-hydroxylation sites is 1. The second kappa shape index (κ2) is 7.39. The number of nitrogens with two attached hydrogens (primary N) is 1. The summed E-state index contributed by atoms with van der Waals surface area (Å²) in [6, 6.07) is 7.39. The lowest BCUT2D eigenvalue weighted by molar-refractivity contribution is -0.122. The SMILES string of the molecule is CCCCCCC(C)(Nc1ccccc1Cl)C(N)=O. The van der Waals surface area contributed by atoms with E-state index in [4.69, 9.17) is 17.3 Å². The zero-order chi connectivity index (χ0) is 14.3. The molecule has 0 bridgehead atoms. The predicted molar refractivity (Wildman–Crippen MR) is 81.4 cm³/mol.